The molecule has 3 aromatic rings. The minimum absolute atomic E-state index is 0.0846. The van der Waals surface area contributed by atoms with Crippen molar-refractivity contribution in [2.45, 2.75) is 0 Å². The van der Waals surface area contributed by atoms with Crippen molar-refractivity contribution in [3.8, 4) is 0 Å². The number of aromatic nitrogens is 1. The van der Waals surface area contributed by atoms with Gasteiger partial charge in [-0.15, -0.1) is 0 Å². The van der Waals surface area contributed by atoms with Gasteiger partial charge in [-0.3, -0.25) is 4.72 Å². The topological polar surface area (TPSA) is 106 Å². The second kappa shape index (κ2) is 8.64. The fourth-order valence-electron chi connectivity index (χ4n) is 3.69. The van der Waals surface area contributed by atoms with Crippen molar-refractivity contribution in [2.75, 3.05) is 54.8 Å². The number of benzene rings is 2. The lowest BCUT2D eigenvalue weighted by Crippen LogP contribution is -2.46. The number of nitrogens with one attached hydrogen (secondary N) is 1. The molecular formula is C22H25N5O4S. The third kappa shape index (κ3) is 4.46. The molecule has 1 aliphatic rings. The molecule has 1 aromatic heterocycles. The molecule has 2 aromatic carbocycles. The normalized spacial score (nSPS) is 14.7. The molecule has 9 nitrogen and oxygen atoms in total. The smallest absolute Gasteiger partial charge is 0.336 e. The number of aromatic carboxylic acids is 1. The van der Waals surface area contributed by atoms with Crippen molar-refractivity contribution in [3.63, 3.8) is 0 Å². The predicted molar refractivity (Wildman–Crippen MR) is 126 cm³/mol. The summed E-state index contributed by atoms with van der Waals surface area (Å²) >= 11 is 0. The van der Waals surface area contributed by atoms with E-state index in [9.17, 15) is 18.3 Å². The summed E-state index contributed by atoms with van der Waals surface area (Å²) in [6.07, 6.45) is 0. The van der Waals surface area contributed by atoms with Gasteiger partial charge in [0.05, 0.1) is 16.8 Å². The zero-order valence-corrected chi connectivity index (χ0v) is 18.7. The molecule has 0 aliphatic carbocycles. The van der Waals surface area contributed by atoms with Gasteiger partial charge in [-0.1, -0.05) is 18.2 Å². The van der Waals surface area contributed by atoms with E-state index in [1.807, 2.05) is 18.2 Å². The first kappa shape index (κ1) is 21.8. The summed E-state index contributed by atoms with van der Waals surface area (Å²) < 4.78 is 27.7. The van der Waals surface area contributed by atoms with Crippen molar-refractivity contribution in [3.05, 3.63) is 60.2 Å². The number of carboxylic acids is 1. The molecule has 2 heterocycles. The fourth-order valence-corrected chi connectivity index (χ4v) is 4.29. The Balaban J connectivity index is 1.61. The molecular weight excluding hydrogens is 430 g/mol. The Kier molecular flexibility index (Phi) is 5.90. The van der Waals surface area contributed by atoms with E-state index in [4.69, 9.17) is 0 Å². The molecule has 1 aliphatic heterocycles. The fraction of sp³-hybridized carbons (Fsp3) is 0.273. The summed E-state index contributed by atoms with van der Waals surface area (Å²) in [5.41, 5.74) is 2.02. The third-order valence-electron chi connectivity index (χ3n) is 5.48. The standard InChI is InChI=1S/C22H25N5O4S/c1-25(2)32(30,31)24-16-8-9-20-18(14-16)19(22(28)29)15-21(23-20)27-12-10-26(11-13-27)17-6-4-3-5-7-17/h3-9,14-15,24H,10-13H2,1-2H3,(H,28,29). The Morgan fingerprint density at radius 1 is 1.00 bits per heavy atom. The first-order valence-electron chi connectivity index (χ1n) is 10.2. The summed E-state index contributed by atoms with van der Waals surface area (Å²) in [6, 6.07) is 16.5. The van der Waals surface area contributed by atoms with Gasteiger partial charge in [0.1, 0.15) is 5.82 Å². The van der Waals surface area contributed by atoms with Crippen LogP contribution in [-0.2, 0) is 10.2 Å². The number of piperazine rings is 1. The van der Waals surface area contributed by atoms with Crippen molar-refractivity contribution in [1.29, 1.82) is 0 Å². The van der Waals surface area contributed by atoms with Crippen LogP contribution in [0.25, 0.3) is 10.9 Å². The average Bonchev–Trinajstić information content (AvgIpc) is 2.78. The van der Waals surface area contributed by atoms with Crippen LogP contribution in [0.2, 0.25) is 0 Å². The van der Waals surface area contributed by atoms with Crippen LogP contribution < -0.4 is 14.5 Å². The second-order valence-corrected chi connectivity index (χ2v) is 9.65. The van der Waals surface area contributed by atoms with E-state index >= 15 is 0 Å². The van der Waals surface area contributed by atoms with E-state index in [2.05, 4.69) is 31.6 Å². The maximum Gasteiger partial charge on any atom is 0.336 e. The van der Waals surface area contributed by atoms with E-state index in [0.717, 1.165) is 23.1 Å². The first-order valence-corrected chi connectivity index (χ1v) is 11.6. The molecule has 1 saturated heterocycles. The van der Waals surface area contributed by atoms with Crippen LogP contribution in [-0.4, -0.2) is 69.1 Å². The zero-order chi connectivity index (χ0) is 22.9. The Hall–Kier alpha value is -3.37. The highest BCUT2D eigenvalue weighted by Gasteiger charge is 2.22. The maximum atomic E-state index is 12.1. The average molecular weight is 456 g/mol. The number of anilines is 3. The van der Waals surface area contributed by atoms with Gasteiger partial charge in [0.15, 0.2) is 0 Å². The van der Waals surface area contributed by atoms with Gasteiger partial charge in [0.25, 0.3) is 0 Å². The van der Waals surface area contributed by atoms with Crippen LogP contribution in [0.15, 0.2) is 54.6 Å². The number of rotatable bonds is 6. The van der Waals surface area contributed by atoms with Gasteiger partial charge in [-0.2, -0.15) is 12.7 Å². The number of carboxylic acid groups (broad SMARTS) is 1. The van der Waals surface area contributed by atoms with Crippen molar-refractivity contribution < 1.29 is 18.3 Å². The van der Waals surface area contributed by atoms with Crippen LogP contribution in [0.1, 0.15) is 10.4 Å². The maximum absolute atomic E-state index is 12.1. The summed E-state index contributed by atoms with van der Waals surface area (Å²) in [4.78, 5) is 21.0. The number of hydrogen-bond donors (Lipinski definition) is 2. The van der Waals surface area contributed by atoms with Crippen LogP contribution in [0.4, 0.5) is 17.2 Å². The van der Waals surface area contributed by atoms with E-state index < -0.39 is 16.2 Å². The minimum Gasteiger partial charge on any atom is -0.478 e. The second-order valence-electron chi connectivity index (χ2n) is 7.76. The number of carbonyl (C=O) groups is 1. The van der Waals surface area contributed by atoms with Gasteiger partial charge in [0.2, 0.25) is 0 Å². The Bertz CT molecular complexity index is 1240. The van der Waals surface area contributed by atoms with E-state index in [1.54, 1.807) is 18.2 Å². The molecule has 0 spiro atoms. The zero-order valence-electron chi connectivity index (χ0n) is 17.9. The molecule has 0 bridgehead atoms. The van der Waals surface area contributed by atoms with E-state index in [0.29, 0.717) is 29.8 Å². The molecule has 4 rings (SSSR count). The highest BCUT2D eigenvalue weighted by molar-refractivity contribution is 7.90. The summed E-state index contributed by atoms with van der Waals surface area (Å²) in [6.45, 7) is 3.04. The summed E-state index contributed by atoms with van der Waals surface area (Å²) in [5, 5.41) is 10.2. The lowest BCUT2D eigenvalue weighted by molar-refractivity contribution is 0.0699. The van der Waals surface area contributed by atoms with Crippen LogP contribution in [0.5, 0.6) is 0 Å². The van der Waals surface area contributed by atoms with Crippen molar-refractivity contribution in [1.82, 2.24) is 9.29 Å². The molecule has 10 heteroatoms. The first-order chi connectivity index (χ1) is 15.2. The van der Waals surface area contributed by atoms with Crippen molar-refractivity contribution >= 4 is 44.3 Å². The molecule has 2 N–H and O–H groups in total. The molecule has 0 amide bonds. The number of hydrogen-bond acceptors (Lipinski definition) is 6. The summed E-state index contributed by atoms with van der Waals surface area (Å²) in [5.74, 6) is -0.488. The van der Waals surface area contributed by atoms with E-state index in [1.165, 1.54) is 20.2 Å². The van der Waals surface area contributed by atoms with Gasteiger partial charge in [0, 0.05) is 51.3 Å². The monoisotopic (exact) mass is 455 g/mol. The van der Waals surface area contributed by atoms with Gasteiger partial charge in [-0.05, 0) is 36.4 Å². The molecule has 0 atom stereocenters. The molecule has 168 valence electrons. The highest BCUT2D eigenvalue weighted by Crippen LogP contribution is 2.28. The molecule has 1 fully saturated rings. The van der Waals surface area contributed by atoms with Crippen LogP contribution in [0, 0.1) is 0 Å². The van der Waals surface area contributed by atoms with Gasteiger partial charge < -0.3 is 14.9 Å². The third-order valence-corrected chi connectivity index (χ3v) is 6.93. The Morgan fingerprint density at radius 2 is 1.66 bits per heavy atom. The van der Waals surface area contributed by atoms with Crippen molar-refractivity contribution in [2.24, 2.45) is 0 Å². The van der Waals surface area contributed by atoms with Gasteiger partial charge >= 0.3 is 16.2 Å². The minimum atomic E-state index is -3.70. The molecule has 0 unspecified atom stereocenters. The van der Waals surface area contributed by atoms with Crippen LogP contribution >= 0.6 is 0 Å². The molecule has 0 saturated carbocycles. The predicted octanol–water partition coefficient (Wildman–Crippen LogP) is 2.48. The van der Waals surface area contributed by atoms with E-state index in [-0.39, 0.29) is 11.3 Å². The lowest BCUT2D eigenvalue weighted by atomic mass is 10.1. The number of para-hydroxylation sites is 1. The number of pyridine rings is 1. The largest absolute Gasteiger partial charge is 0.478 e. The number of fused-ring (bicyclic) bond motifs is 1. The Labute approximate surface area is 187 Å². The van der Waals surface area contributed by atoms with Crippen LogP contribution in [0.3, 0.4) is 0 Å². The Morgan fingerprint density at radius 3 is 2.28 bits per heavy atom. The molecule has 32 heavy (non-hydrogen) atoms. The summed E-state index contributed by atoms with van der Waals surface area (Å²) in [7, 11) is -0.876. The van der Waals surface area contributed by atoms with Gasteiger partial charge in [-0.25, -0.2) is 9.78 Å². The lowest BCUT2D eigenvalue weighted by Gasteiger charge is -2.37. The number of nitrogens with zero attached hydrogens (tertiary/aromatic N) is 4. The SMILES string of the molecule is CN(C)S(=O)(=O)Nc1ccc2nc(N3CCN(c4ccccc4)CC3)cc(C(=O)O)c2c1. The molecule has 0 radical (unpaired) electrons. The highest BCUT2D eigenvalue weighted by atomic mass is 32.2. The quantitative estimate of drug-likeness (QED) is 0.588.